The molecule has 1 aromatic carbocycles. The van der Waals surface area contributed by atoms with Gasteiger partial charge in [0.1, 0.15) is 5.69 Å². The summed E-state index contributed by atoms with van der Waals surface area (Å²) in [4.78, 5) is 22.3. The summed E-state index contributed by atoms with van der Waals surface area (Å²) in [7, 11) is 0. The third kappa shape index (κ3) is 2.65. The molecule has 2 aromatic rings. The van der Waals surface area contributed by atoms with Gasteiger partial charge >= 0.3 is 5.97 Å². The molecule has 0 saturated carbocycles. The van der Waals surface area contributed by atoms with Gasteiger partial charge in [-0.2, -0.15) is 0 Å². The number of amides is 1. The van der Waals surface area contributed by atoms with Crippen LogP contribution in [0.3, 0.4) is 0 Å². The van der Waals surface area contributed by atoms with E-state index in [1.165, 1.54) is 0 Å². The molecule has 0 saturated heterocycles. The molecular formula is C14H14N2O3. The Labute approximate surface area is 110 Å². The number of aromatic carboxylic acids is 1. The zero-order chi connectivity index (χ0) is 14.0. The van der Waals surface area contributed by atoms with Crippen LogP contribution in [-0.2, 0) is 6.54 Å². The first-order chi connectivity index (χ1) is 8.99. The van der Waals surface area contributed by atoms with Gasteiger partial charge in [-0.05, 0) is 36.2 Å². The number of carboxylic acid groups (broad SMARTS) is 1. The predicted octanol–water partition coefficient (Wildman–Crippen LogP) is 1.64. The molecule has 2 rings (SSSR count). The minimum Gasteiger partial charge on any atom is -0.477 e. The minimum absolute atomic E-state index is 0.254. The van der Waals surface area contributed by atoms with Gasteiger partial charge in [0.2, 0.25) is 5.91 Å². The molecule has 0 aliphatic carbocycles. The first-order valence-electron chi connectivity index (χ1n) is 5.77. The number of aromatic nitrogens is 1. The molecule has 0 radical (unpaired) electrons. The van der Waals surface area contributed by atoms with Crippen molar-refractivity contribution in [2.24, 2.45) is 5.73 Å². The van der Waals surface area contributed by atoms with E-state index in [0.29, 0.717) is 17.7 Å². The van der Waals surface area contributed by atoms with E-state index in [1.807, 2.05) is 6.07 Å². The zero-order valence-electron chi connectivity index (χ0n) is 10.5. The molecule has 5 nitrogen and oxygen atoms in total. The van der Waals surface area contributed by atoms with E-state index < -0.39 is 11.9 Å². The number of primary amides is 1. The molecule has 19 heavy (non-hydrogen) atoms. The van der Waals surface area contributed by atoms with Gasteiger partial charge in [0, 0.05) is 18.3 Å². The summed E-state index contributed by atoms with van der Waals surface area (Å²) in [6.45, 7) is 2.14. The topological polar surface area (TPSA) is 85.3 Å². The van der Waals surface area contributed by atoms with Crippen LogP contribution in [0.15, 0.2) is 36.5 Å². The summed E-state index contributed by atoms with van der Waals surface area (Å²) >= 11 is 0. The highest BCUT2D eigenvalue weighted by atomic mass is 16.4. The van der Waals surface area contributed by atoms with Gasteiger partial charge in [0.25, 0.3) is 0 Å². The van der Waals surface area contributed by atoms with Crippen LogP contribution in [0.1, 0.15) is 32.0 Å². The molecule has 0 aliphatic heterocycles. The molecule has 0 spiro atoms. The Balaban J connectivity index is 2.34. The van der Waals surface area contributed by atoms with Gasteiger partial charge in [0.15, 0.2) is 0 Å². The Morgan fingerprint density at radius 1 is 1.32 bits per heavy atom. The van der Waals surface area contributed by atoms with Crippen molar-refractivity contribution in [1.29, 1.82) is 0 Å². The molecule has 1 aromatic heterocycles. The van der Waals surface area contributed by atoms with Crippen molar-refractivity contribution in [3.63, 3.8) is 0 Å². The van der Waals surface area contributed by atoms with Gasteiger partial charge in [0.05, 0.1) is 0 Å². The average Bonchev–Trinajstić information content (AvgIpc) is 2.70. The maximum Gasteiger partial charge on any atom is 0.352 e. The van der Waals surface area contributed by atoms with E-state index >= 15 is 0 Å². The molecule has 0 unspecified atom stereocenters. The lowest BCUT2D eigenvalue weighted by atomic mass is 10.1. The van der Waals surface area contributed by atoms with Crippen molar-refractivity contribution >= 4 is 11.9 Å². The lowest BCUT2D eigenvalue weighted by Crippen LogP contribution is -2.13. The number of hydrogen-bond donors (Lipinski definition) is 2. The summed E-state index contributed by atoms with van der Waals surface area (Å²) in [6.07, 6.45) is 1.72. The van der Waals surface area contributed by atoms with Crippen LogP contribution in [-0.4, -0.2) is 21.6 Å². The van der Waals surface area contributed by atoms with Crippen LogP contribution < -0.4 is 5.73 Å². The number of rotatable bonds is 4. The van der Waals surface area contributed by atoms with E-state index in [4.69, 9.17) is 10.8 Å². The highest BCUT2D eigenvalue weighted by molar-refractivity contribution is 5.92. The fourth-order valence-corrected chi connectivity index (χ4v) is 2.02. The Hall–Kier alpha value is -2.56. The van der Waals surface area contributed by atoms with Crippen LogP contribution in [0.4, 0.5) is 0 Å². The van der Waals surface area contributed by atoms with Crippen molar-refractivity contribution in [3.05, 3.63) is 58.9 Å². The molecule has 0 atom stereocenters. The Morgan fingerprint density at radius 2 is 2.05 bits per heavy atom. The van der Waals surface area contributed by atoms with Gasteiger partial charge in [-0.25, -0.2) is 4.79 Å². The second kappa shape index (κ2) is 4.97. The van der Waals surface area contributed by atoms with Crippen molar-refractivity contribution in [3.8, 4) is 0 Å². The quantitative estimate of drug-likeness (QED) is 0.874. The first kappa shape index (κ1) is 12.9. The van der Waals surface area contributed by atoms with Gasteiger partial charge in [-0.1, -0.05) is 12.1 Å². The fraction of sp³-hybridized carbons (Fsp3) is 0.143. The van der Waals surface area contributed by atoms with E-state index in [0.717, 1.165) is 5.56 Å². The van der Waals surface area contributed by atoms with Gasteiger partial charge < -0.3 is 15.4 Å². The molecule has 0 aliphatic rings. The van der Waals surface area contributed by atoms with E-state index in [2.05, 4.69) is 0 Å². The van der Waals surface area contributed by atoms with E-state index in [-0.39, 0.29) is 5.69 Å². The highest BCUT2D eigenvalue weighted by Gasteiger charge is 2.13. The summed E-state index contributed by atoms with van der Waals surface area (Å²) in [6, 6.07) is 8.61. The number of aryl methyl sites for hydroxylation is 1. The SMILES string of the molecule is Cc1ccn(Cc2cccc(C(N)=O)c2)c1C(=O)O. The molecule has 0 bridgehead atoms. The molecule has 5 heteroatoms. The third-order valence-corrected chi connectivity index (χ3v) is 2.93. The Kier molecular flexibility index (Phi) is 3.37. The first-order valence-corrected chi connectivity index (χ1v) is 5.77. The number of carboxylic acids is 1. The van der Waals surface area contributed by atoms with Crippen LogP contribution in [0.2, 0.25) is 0 Å². The monoisotopic (exact) mass is 258 g/mol. The zero-order valence-corrected chi connectivity index (χ0v) is 10.5. The summed E-state index contributed by atoms with van der Waals surface area (Å²) in [5, 5.41) is 9.16. The third-order valence-electron chi connectivity index (χ3n) is 2.93. The largest absolute Gasteiger partial charge is 0.477 e. The normalized spacial score (nSPS) is 10.4. The number of carbonyl (C=O) groups excluding carboxylic acids is 1. The lowest BCUT2D eigenvalue weighted by molar-refractivity contribution is 0.0684. The van der Waals surface area contributed by atoms with Crippen molar-refractivity contribution in [2.45, 2.75) is 13.5 Å². The molecule has 1 heterocycles. The number of benzene rings is 1. The number of carbonyl (C=O) groups is 2. The van der Waals surface area contributed by atoms with Gasteiger partial charge in [-0.15, -0.1) is 0 Å². The van der Waals surface area contributed by atoms with Gasteiger partial charge in [-0.3, -0.25) is 4.79 Å². The molecule has 1 amide bonds. The average molecular weight is 258 g/mol. The van der Waals surface area contributed by atoms with Crippen LogP contribution in [0.25, 0.3) is 0 Å². The molecule has 3 N–H and O–H groups in total. The van der Waals surface area contributed by atoms with E-state index in [1.54, 1.807) is 42.0 Å². The molecular weight excluding hydrogens is 244 g/mol. The fourth-order valence-electron chi connectivity index (χ4n) is 2.02. The van der Waals surface area contributed by atoms with Crippen molar-refractivity contribution < 1.29 is 14.7 Å². The number of nitrogens with two attached hydrogens (primary N) is 1. The lowest BCUT2D eigenvalue weighted by Gasteiger charge is -2.08. The predicted molar refractivity (Wildman–Crippen MR) is 70.2 cm³/mol. The Bertz CT molecular complexity index is 644. The van der Waals surface area contributed by atoms with Crippen LogP contribution in [0.5, 0.6) is 0 Å². The smallest absolute Gasteiger partial charge is 0.352 e. The van der Waals surface area contributed by atoms with Crippen LogP contribution >= 0.6 is 0 Å². The molecule has 0 fully saturated rings. The van der Waals surface area contributed by atoms with Crippen LogP contribution in [0, 0.1) is 6.92 Å². The highest BCUT2D eigenvalue weighted by Crippen LogP contribution is 2.14. The number of nitrogens with zero attached hydrogens (tertiary/aromatic N) is 1. The maximum absolute atomic E-state index is 11.2. The van der Waals surface area contributed by atoms with E-state index in [9.17, 15) is 9.59 Å². The summed E-state index contributed by atoms with van der Waals surface area (Å²) < 4.78 is 1.64. The summed E-state index contributed by atoms with van der Waals surface area (Å²) in [5.74, 6) is -1.46. The maximum atomic E-state index is 11.2. The summed E-state index contributed by atoms with van der Waals surface area (Å²) in [5.41, 5.74) is 7.42. The second-order valence-corrected chi connectivity index (χ2v) is 4.35. The van der Waals surface area contributed by atoms with Crippen molar-refractivity contribution in [2.75, 3.05) is 0 Å². The minimum atomic E-state index is -0.964. The molecule has 98 valence electrons. The van der Waals surface area contributed by atoms with Crippen molar-refractivity contribution in [1.82, 2.24) is 4.57 Å². The number of hydrogen-bond acceptors (Lipinski definition) is 2. The second-order valence-electron chi connectivity index (χ2n) is 4.35. The standard InChI is InChI=1S/C14H14N2O3/c1-9-5-6-16(12(9)14(18)19)8-10-3-2-4-11(7-10)13(15)17/h2-7H,8H2,1H3,(H2,15,17)(H,18,19). The Morgan fingerprint density at radius 3 is 2.68 bits per heavy atom.